The summed E-state index contributed by atoms with van der Waals surface area (Å²) in [5.74, 6) is 0.454. The molecule has 17 heavy (non-hydrogen) atoms. The molecule has 92 valence electrons. The van der Waals surface area contributed by atoms with E-state index in [9.17, 15) is 4.79 Å². The van der Waals surface area contributed by atoms with Gasteiger partial charge in [-0.25, -0.2) is 4.79 Å². The van der Waals surface area contributed by atoms with Crippen LogP contribution in [0, 0.1) is 0 Å². The van der Waals surface area contributed by atoms with Gasteiger partial charge in [0.05, 0.1) is 0 Å². The largest absolute Gasteiger partial charge is 0.478 e. The molecular formula is C13H15BrO3. The molecule has 0 N–H and O–H groups in total. The first kappa shape index (κ1) is 12.4. The van der Waals surface area contributed by atoms with E-state index in [1.165, 1.54) is 0 Å². The van der Waals surface area contributed by atoms with E-state index in [0.29, 0.717) is 6.42 Å². The summed E-state index contributed by atoms with van der Waals surface area (Å²) in [5, 5.41) is 0. The van der Waals surface area contributed by atoms with Gasteiger partial charge in [0, 0.05) is 16.5 Å². The minimum Gasteiger partial charge on any atom is -0.478 e. The van der Waals surface area contributed by atoms with Gasteiger partial charge in [-0.1, -0.05) is 22.0 Å². The zero-order valence-electron chi connectivity index (χ0n) is 10.1. The minimum absolute atomic E-state index is 0.305. The average Bonchev–Trinajstić information content (AvgIpc) is 2.60. The van der Waals surface area contributed by atoms with Crippen LogP contribution in [-0.4, -0.2) is 17.7 Å². The first-order valence-electron chi connectivity index (χ1n) is 5.54. The van der Waals surface area contributed by atoms with Crippen molar-refractivity contribution in [1.29, 1.82) is 0 Å². The normalized spacial score (nSPS) is 18.5. The molecule has 1 aliphatic rings. The lowest BCUT2D eigenvalue weighted by Gasteiger charge is -2.21. The monoisotopic (exact) mass is 298 g/mol. The topological polar surface area (TPSA) is 35.5 Å². The van der Waals surface area contributed by atoms with Crippen LogP contribution in [0.25, 0.3) is 0 Å². The number of ether oxygens (including phenoxy) is 2. The van der Waals surface area contributed by atoms with Crippen molar-refractivity contribution in [2.45, 2.75) is 38.9 Å². The molecule has 0 radical (unpaired) electrons. The van der Waals surface area contributed by atoms with Crippen LogP contribution in [0.5, 0.6) is 5.75 Å². The maximum Gasteiger partial charge on any atom is 0.348 e. The van der Waals surface area contributed by atoms with Crippen LogP contribution in [0.3, 0.4) is 0 Å². The van der Waals surface area contributed by atoms with E-state index in [2.05, 4.69) is 15.9 Å². The van der Waals surface area contributed by atoms with Crippen molar-refractivity contribution < 1.29 is 14.3 Å². The Morgan fingerprint density at radius 2 is 2.18 bits per heavy atom. The van der Waals surface area contributed by atoms with Gasteiger partial charge < -0.3 is 9.47 Å². The Morgan fingerprint density at radius 1 is 1.47 bits per heavy atom. The van der Waals surface area contributed by atoms with Crippen LogP contribution >= 0.6 is 15.9 Å². The van der Waals surface area contributed by atoms with E-state index in [-0.39, 0.29) is 5.97 Å². The SMILES string of the molecule is CC(C)(C)OC(=O)C1Cc2c(Br)cccc2O1. The predicted octanol–water partition coefficient (Wildman–Crippen LogP) is 3.09. The molecule has 0 aliphatic carbocycles. The lowest BCUT2D eigenvalue weighted by atomic mass is 10.1. The number of rotatable bonds is 1. The lowest BCUT2D eigenvalue weighted by Crippen LogP contribution is -2.34. The Morgan fingerprint density at radius 3 is 2.76 bits per heavy atom. The van der Waals surface area contributed by atoms with Crippen molar-refractivity contribution in [1.82, 2.24) is 0 Å². The molecule has 2 rings (SSSR count). The summed E-state index contributed by atoms with van der Waals surface area (Å²) in [4.78, 5) is 11.9. The van der Waals surface area contributed by atoms with E-state index in [4.69, 9.17) is 9.47 Å². The molecule has 4 heteroatoms. The molecule has 0 amide bonds. The molecule has 1 aromatic rings. The number of halogens is 1. The third-order valence-corrected chi connectivity index (χ3v) is 3.15. The molecular weight excluding hydrogens is 284 g/mol. The molecule has 0 saturated heterocycles. The fourth-order valence-electron chi connectivity index (χ4n) is 1.73. The predicted molar refractivity (Wildman–Crippen MR) is 68.1 cm³/mol. The number of fused-ring (bicyclic) bond motifs is 1. The zero-order chi connectivity index (χ0) is 12.6. The Hall–Kier alpha value is -1.03. The van der Waals surface area contributed by atoms with Crippen molar-refractivity contribution in [3.05, 3.63) is 28.2 Å². The van der Waals surface area contributed by atoms with E-state index in [1.54, 1.807) is 0 Å². The van der Waals surface area contributed by atoms with Gasteiger partial charge in [-0.05, 0) is 32.9 Å². The standard InChI is InChI=1S/C13H15BrO3/c1-13(2,3)17-12(15)11-7-8-9(14)5-4-6-10(8)16-11/h4-6,11H,7H2,1-3H3. The summed E-state index contributed by atoms with van der Waals surface area (Å²) >= 11 is 3.45. The van der Waals surface area contributed by atoms with E-state index < -0.39 is 11.7 Å². The fraction of sp³-hybridized carbons (Fsp3) is 0.462. The van der Waals surface area contributed by atoms with Gasteiger partial charge in [0.15, 0.2) is 6.10 Å². The molecule has 0 fully saturated rings. The molecule has 1 aliphatic heterocycles. The zero-order valence-corrected chi connectivity index (χ0v) is 11.7. The van der Waals surface area contributed by atoms with Gasteiger partial charge in [-0.15, -0.1) is 0 Å². The quantitative estimate of drug-likeness (QED) is 0.748. The molecule has 1 aromatic carbocycles. The molecule has 0 aromatic heterocycles. The van der Waals surface area contributed by atoms with Crippen LogP contribution < -0.4 is 4.74 Å². The summed E-state index contributed by atoms with van der Waals surface area (Å²) in [6.45, 7) is 5.55. The molecule has 1 atom stereocenters. The first-order valence-corrected chi connectivity index (χ1v) is 6.33. The molecule has 1 heterocycles. The Labute approximate surface area is 109 Å². The van der Waals surface area contributed by atoms with E-state index in [1.807, 2.05) is 39.0 Å². The van der Waals surface area contributed by atoms with Crippen molar-refractivity contribution in [2.24, 2.45) is 0 Å². The number of carbonyl (C=O) groups excluding carboxylic acids is 1. The van der Waals surface area contributed by atoms with Gasteiger partial charge in [-0.3, -0.25) is 0 Å². The highest BCUT2D eigenvalue weighted by molar-refractivity contribution is 9.10. The van der Waals surface area contributed by atoms with E-state index >= 15 is 0 Å². The highest BCUT2D eigenvalue weighted by Gasteiger charge is 2.33. The summed E-state index contributed by atoms with van der Waals surface area (Å²) in [5.41, 5.74) is 0.551. The summed E-state index contributed by atoms with van der Waals surface area (Å²) in [6.07, 6.45) is 0.0361. The molecule has 0 saturated carbocycles. The summed E-state index contributed by atoms with van der Waals surface area (Å²) in [7, 11) is 0. The van der Waals surface area contributed by atoms with Crippen LogP contribution in [0.15, 0.2) is 22.7 Å². The number of esters is 1. The second-order valence-corrected chi connectivity index (χ2v) is 5.91. The summed E-state index contributed by atoms with van der Waals surface area (Å²) < 4.78 is 11.9. The van der Waals surface area contributed by atoms with Gasteiger partial charge in [0.1, 0.15) is 11.4 Å². The van der Waals surface area contributed by atoms with Crippen LogP contribution in [0.2, 0.25) is 0 Å². The molecule has 1 unspecified atom stereocenters. The van der Waals surface area contributed by atoms with Gasteiger partial charge in [0.2, 0.25) is 0 Å². The number of benzene rings is 1. The van der Waals surface area contributed by atoms with Crippen molar-refractivity contribution in [2.75, 3.05) is 0 Å². The smallest absolute Gasteiger partial charge is 0.348 e. The average molecular weight is 299 g/mol. The Kier molecular flexibility index (Phi) is 3.17. The van der Waals surface area contributed by atoms with Crippen LogP contribution in [0.4, 0.5) is 0 Å². The molecule has 0 spiro atoms. The second-order valence-electron chi connectivity index (χ2n) is 5.06. The lowest BCUT2D eigenvalue weighted by molar-refractivity contribution is -0.162. The van der Waals surface area contributed by atoms with Gasteiger partial charge in [-0.2, -0.15) is 0 Å². The number of carbonyl (C=O) groups is 1. The van der Waals surface area contributed by atoms with Crippen molar-refractivity contribution in [3.8, 4) is 5.75 Å². The molecule has 0 bridgehead atoms. The van der Waals surface area contributed by atoms with Crippen LogP contribution in [0.1, 0.15) is 26.3 Å². The fourth-order valence-corrected chi connectivity index (χ4v) is 2.24. The number of hydrogen-bond acceptors (Lipinski definition) is 3. The first-order chi connectivity index (χ1) is 7.87. The van der Waals surface area contributed by atoms with Gasteiger partial charge >= 0.3 is 5.97 Å². The molecule has 3 nitrogen and oxygen atoms in total. The Balaban J connectivity index is 2.10. The van der Waals surface area contributed by atoms with E-state index in [0.717, 1.165) is 15.8 Å². The van der Waals surface area contributed by atoms with Crippen molar-refractivity contribution >= 4 is 21.9 Å². The highest BCUT2D eigenvalue weighted by Crippen LogP contribution is 2.34. The highest BCUT2D eigenvalue weighted by atomic mass is 79.9. The van der Waals surface area contributed by atoms with Gasteiger partial charge in [0.25, 0.3) is 0 Å². The maximum absolute atomic E-state index is 11.9. The Bertz CT molecular complexity index is 448. The third kappa shape index (κ3) is 2.80. The maximum atomic E-state index is 11.9. The summed E-state index contributed by atoms with van der Waals surface area (Å²) in [6, 6.07) is 5.70. The second kappa shape index (κ2) is 4.33. The number of hydrogen-bond donors (Lipinski definition) is 0. The minimum atomic E-state index is -0.525. The van der Waals surface area contributed by atoms with Crippen LogP contribution in [-0.2, 0) is 16.0 Å². The van der Waals surface area contributed by atoms with Crippen molar-refractivity contribution in [3.63, 3.8) is 0 Å². The third-order valence-electron chi connectivity index (χ3n) is 2.40.